The fourth-order valence-corrected chi connectivity index (χ4v) is 6.35. The van der Waals surface area contributed by atoms with Crippen LogP contribution in [0.3, 0.4) is 0 Å². The van der Waals surface area contributed by atoms with Crippen molar-refractivity contribution in [2.45, 2.75) is 109 Å². The number of nitrogens with two attached hydrogens (primary N) is 1. The van der Waals surface area contributed by atoms with Gasteiger partial charge in [-0.2, -0.15) is 0 Å². The fraction of sp³-hybridized carbons (Fsp3) is 0.700. The summed E-state index contributed by atoms with van der Waals surface area (Å²) >= 11 is 0. The van der Waals surface area contributed by atoms with Crippen molar-refractivity contribution in [2.75, 3.05) is 19.7 Å². The van der Waals surface area contributed by atoms with E-state index in [0.29, 0.717) is 56.2 Å². The highest BCUT2D eigenvalue weighted by Gasteiger charge is 2.48. The SMILES string of the molecule is CCCCC(CC)COC(=O)ON=C(N)c1ccc2c(c1)C(O[Si](C)(C)C(C)(C)C)CC1(CCN(C(=O)O)CC1)O2. The molecular formula is C30H49N3O7Si. The monoisotopic (exact) mass is 591 g/mol. The summed E-state index contributed by atoms with van der Waals surface area (Å²) in [5, 5.41) is 13.3. The predicted octanol–water partition coefficient (Wildman–Crippen LogP) is 7.03. The molecule has 1 spiro atoms. The van der Waals surface area contributed by atoms with Crippen LogP contribution in [0, 0.1) is 5.92 Å². The zero-order valence-corrected chi connectivity index (χ0v) is 26.8. The van der Waals surface area contributed by atoms with Crippen LogP contribution in [0.1, 0.15) is 96.8 Å². The van der Waals surface area contributed by atoms with E-state index >= 15 is 0 Å². The third-order valence-corrected chi connectivity index (χ3v) is 13.4. The van der Waals surface area contributed by atoms with Crippen LogP contribution in [0.15, 0.2) is 23.4 Å². The van der Waals surface area contributed by atoms with E-state index in [4.69, 9.17) is 24.5 Å². The minimum atomic E-state index is -2.19. The highest BCUT2D eigenvalue weighted by molar-refractivity contribution is 6.74. The second-order valence-corrected chi connectivity index (χ2v) is 17.7. The van der Waals surface area contributed by atoms with Crippen molar-refractivity contribution in [1.29, 1.82) is 0 Å². The van der Waals surface area contributed by atoms with Gasteiger partial charge in [0.25, 0.3) is 0 Å². The molecule has 2 aliphatic heterocycles. The minimum Gasteiger partial charge on any atom is -0.487 e. The first-order valence-corrected chi connectivity index (χ1v) is 17.8. The van der Waals surface area contributed by atoms with Gasteiger partial charge in [0.05, 0.1) is 12.7 Å². The van der Waals surface area contributed by atoms with E-state index in [1.807, 2.05) is 12.1 Å². The average Bonchev–Trinajstić information content (AvgIpc) is 2.91. The molecule has 230 valence electrons. The van der Waals surface area contributed by atoms with Crippen molar-refractivity contribution in [3.8, 4) is 5.75 Å². The maximum Gasteiger partial charge on any atom is 0.535 e. The zero-order chi connectivity index (χ0) is 30.4. The van der Waals surface area contributed by atoms with Gasteiger partial charge in [0.15, 0.2) is 14.2 Å². The first-order chi connectivity index (χ1) is 19.2. The molecule has 0 aliphatic carbocycles. The second kappa shape index (κ2) is 13.5. The molecule has 1 aromatic carbocycles. The zero-order valence-electron chi connectivity index (χ0n) is 25.8. The number of benzene rings is 1. The van der Waals surface area contributed by atoms with E-state index in [1.54, 1.807) is 6.07 Å². The van der Waals surface area contributed by atoms with Crippen LogP contribution in [0.5, 0.6) is 5.75 Å². The summed E-state index contributed by atoms with van der Waals surface area (Å²) in [6.07, 6.45) is 3.86. The van der Waals surface area contributed by atoms with Gasteiger partial charge in [-0.15, -0.1) is 0 Å². The smallest absolute Gasteiger partial charge is 0.487 e. The number of carbonyl (C=O) groups excluding carboxylic acids is 1. The van der Waals surface area contributed by atoms with Gasteiger partial charge < -0.3 is 29.6 Å². The molecule has 2 heterocycles. The van der Waals surface area contributed by atoms with Crippen LogP contribution >= 0.6 is 0 Å². The molecule has 1 amide bonds. The lowest BCUT2D eigenvalue weighted by molar-refractivity contribution is -0.0470. The van der Waals surface area contributed by atoms with Gasteiger partial charge in [-0.05, 0) is 48.7 Å². The lowest BCUT2D eigenvalue weighted by Crippen LogP contribution is -2.53. The summed E-state index contributed by atoms with van der Waals surface area (Å²) in [6.45, 7) is 16.4. The Hall–Kier alpha value is -2.79. The number of nitrogens with zero attached hydrogens (tertiary/aromatic N) is 2. The molecule has 0 saturated carbocycles. The molecule has 10 nitrogen and oxygen atoms in total. The van der Waals surface area contributed by atoms with Gasteiger partial charge in [0.2, 0.25) is 0 Å². The van der Waals surface area contributed by atoms with Crippen molar-refractivity contribution in [2.24, 2.45) is 16.8 Å². The Balaban J connectivity index is 1.79. The molecular weight excluding hydrogens is 542 g/mol. The largest absolute Gasteiger partial charge is 0.535 e. The Morgan fingerprint density at radius 1 is 1.24 bits per heavy atom. The average molecular weight is 592 g/mol. The van der Waals surface area contributed by atoms with Crippen molar-refractivity contribution in [1.82, 2.24) is 4.90 Å². The maximum atomic E-state index is 12.2. The molecule has 1 saturated heterocycles. The van der Waals surface area contributed by atoms with Gasteiger partial charge >= 0.3 is 12.2 Å². The predicted molar refractivity (Wildman–Crippen MR) is 161 cm³/mol. The van der Waals surface area contributed by atoms with Crippen LogP contribution in [0.2, 0.25) is 18.1 Å². The van der Waals surface area contributed by atoms with Crippen molar-refractivity contribution in [3.63, 3.8) is 0 Å². The van der Waals surface area contributed by atoms with E-state index in [-0.39, 0.29) is 17.0 Å². The highest BCUT2D eigenvalue weighted by atomic mass is 28.4. The van der Waals surface area contributed by atoms with Crippen molar-refractivity contribution in [3.05, 3.63) is 29.3 Å². The molecule has 41 heavy (non-hydrogen) atoms. The van der Waals surface area contributed by atoms with Crippen LogP contribution in [-0.4, -0.2) is 61.7 Å². The molecule has 0 bridgehead atoms. The number of oxime groups is 1. The summed E-state index contributed by atoms with van der Waals surface area (Å²) < 4.78 is 18.8. The number of unbranched alkanes of at least 4 members (excludes halogenated alkanes) is 1. The Morgan fingerprint density at radius 3 is 2.51 bits per heavy atom. The van der Waals surface area contributed by atoms with Gasteiger partial charge in [0.1, 0.15) is 11.4 Å². The molecule has 11 heteroatoms. The highest BCUT2D eigenvalue weighted by Crippen LogP contribution is 2.49. The fourth-order valence-electron chi connectivity index (χ4n) is 5.07. The van der Waals surface area contributed by atoms with Crippen molar-refractivity contribution >= 4 is 26.4 Å². The normalized spacial score (nSPS) is 19.7. The standard InChI is InChI=1S/C30H49N3O7Si/c1-8-10-11-21(9-2)20-37-28(36)39-32-26(31)22-12-13-24-23(18-22)25(40-41(6,7)29(3,4)5)19-30(38-24)14-16-33(17-15-30)27(34)35/h12-13,18,21,25H,8-11,14-17,19-20H2,1-7H3,(H2,31,32)(H,34,35). The summed E-state index contributed by atoms with van der Waals surface area (Å²) in [4.78, 5) is 30.1. The van der Waals surface area contributed by atoms with Gasteiger partial charge in [-0.1, -0.05) is 59.0 Å². The Kier molecular flexibility index (Phi) is 10.7. The first-order valence-electron chi connectivity index (χ1n) is 14.9. The molecule has 2 unspecified atom stereocenters. The quantitative estimate of drug-likeness (QED) is 0.0739. The second-order valence-electron chi connectivity index (χ2n) is 12.9. The van der Waals surface area contributed by atoms with Crippen LogP contribution in [0.4, 0.5) is 9.59 Å². The number of hydrogen-bond acceptors (Lipinski definition) is 7. The summed E-state index contributed by atoms with van der Waals surface area (Å²) in [5.41, 5.74) is 7.16. The number of piperidine rings is 1. The van der Waals surface area contributed by atoms with Gasteiger partial charge in [-0.25, -0.2) is 9.59 Å². The van der Waals surface area contributed by atoms with Crippen molar-refractivity contribution < 1.29 is 33.4 Å². The number of hydrogen-bond donors (Lipinski definition) is 2. The molecule has 0 aromatic heterocycles. The summed E-state index contributed by atoms with van der Waals surface area (Å²) in [5.74, 6) is 1.03. The third-order valence-electron chi connectivity index (χ3n) is 8.92. The Morgan fingerprint density at radius 2 is 1.93 bits per heavy atom. The summed E-state index contributed by atoms with van der Waals surface area (Å²) in [7, 11) is -2.19. The topological polar surface area (TPSA) is 133 Å². The Labute approximate surface area is 245 Å². The number of amidine groups is 1. The van der Waals surface area contributed by atoms with Crippen LogP contribution < -0.4 is 10.5 Å². The molecule has 1 fully saturated rings. The van der Waals surface area contributed by atoms with Crippen LogP contribution in [-0.2, 0) is 14.0 Å². The minimum absolute atomic E-state index is 0.00900. The third kappa shape index (κ3) is 8.38. The van der Waals surface area contributed by atoms with E-state index in [2.05, 4.69) is 52.9 Å². The first kappa shape index (κ1) is 32.7. The number of rotatable bonds is 10. The van der Waals surface area contributed by atoms with Gasteiger partial charge in [-0.3, -0.25) is 4.84 Å². The molecule has 2 atom stereocenters. The number of fused-ring (bicyclic) bond motifs is 1. The summed E-state index contributed by atoms with van der Waals surface area (Å²) in [6, 6.07) is 5.51. The van der Waals surface area contributed by atoms with E-state index in [1.165, 1.54) is 4.90 Å². The molecule has 0 radical (unpaired) electrons. The molecule has 2 aliphatic rings. The number of likely N-dealkylation sites (tertiary alicyclic amines) is 1. The van der Waals surface area contributed by atoms with Gasteiger partial charge in [0, 0.05) is 43.5 Å². The maximum absolute atomic E-state index is 12.2. The number of carboxylic acid groups (broad SMARTS) is 1. The van der Waals surface area contributed by atoms with Crippen LogP contribution in [0.25, 0.3) is 0 Å². The number of carbonyl (C=O) groups is 2. The van der Waals surface area contributed by atoms with E-state index < -0.39 is 26.2 Å². The number of amides is 1. The van der Waals surface area contributed by atoms with E-state index in [9.17, 15) is 14.7 Å². The van der Waals surface area contributed by atoms with E-state index in [0.717, 1.165) is 31.2 Å². The lowest BCUT2D eigenvalue weighted by atomic mass is 9.81. The molecule has 1 aromatic rings. The molecule has 3 rings (SSSR count). The lowest BCUT2D eigenvalue weighted by Gasteiger charge is -2.48. The number of ether oxygens (including phenoxy) is 2. The Bertz CT molecular complexity index is 1090. The molecule has 3 N–H and O–H groups in total.